The van der Waals surface area contributed by atoms with Crippen molar-refractivity contribution in [2.75, 3.05) is 18.1 Å². The van der Waals surface area contributed by atoms with E-state index < -0.39 is 30.1 Å². The number of carbonyl (C=O) groups is 2. The summed E-state index contributed by atoms with van der Waals surface area (Å²) in [6.07, 6.45) is 0. The van der Waals surface area contributed by atoms with Crippen LogP contribution in [0.1, 0.15) is 17.3 Å². The van der Waals surface area contributed by atoms with Gasteiger partial charge in [-0.3, -0.25) is 14.5 Å². The van der Waals surface area contributed by atoms with Gasteiger partial charge in [-0.15, -0.1) is 0 Å². The molecule has 0 saturated heterocycles. The maximum Gasteiger partial charge on any atom is 0.326 e. The number of hydrogen-bond acceptors (Lipinski definition) is 3. The van der Waals surface area contributed by atoms with Crippen molar-refractivity contribution in [1.29, 1.82) is 0 Å². The van der Waals surface area contributed by atoms with Crippen molar-refractivity contribution in [2.45, 2.75) is 6.92 Å². The largest absolute Gasteiger partial charge is 0.465 e. The summed E-state index contributed by atoms with van der Waals surface area (Å²) < 4.78 is 31.8. The summed E-state index contributed by atoms with van der Waals surface area (Å²) in [5.41, 5.74) is 0.0915. The van der Waals surface area contributed by atoms with Crippen LogP contribution in [0.5, 0.6) is 0 Å². The van der Waals surface area contributed by atoms with Gasteiger partial charge in [0, 0.05) is 5.56 Å². The lowest BCUT2D eigenvalue weighted by atomic mass is 10.1. The summed E-state index contributed by atoms with van der Waals surface area (Å²) >= 11 is 0. The van der Waals surface area contributed by atoms with Gasteiger partial charge in [0.2, 0.25) is 0 Å². The molecule has 0 fully saturated rings. The molecule has 0 bridgehead atoms. The second-order valence-corrected chi connectivity index (χ2v) is 4.65. The Labute approximate surface area is 132 Å². The number of anilines is 1. The Hall–Kier alpha value is -2.76. The molecule has 4 nitrogen and oxygen atoms in total. The van der Waals surface area contributed by atoms with Crippen molar-refractivity contribution in [2.24, 2.45) is 0 Å². The van der Waals surface area contributed by atoms with E-state index in [0.29, 0.717) is 0 Å². The zero-order valence-corrected chi connectivity index (χ0v) is 12.5. The number of esters is 1. The number of benzene rings is 2. The highest BCUT2D eigenvalue weighted by Gasteiger charge is 2.23. The summed E-state index contributed by atoms with van der Waals surface area (Å²) in [7, 11) is 0. The highest BCUT2D eigenvalue weighted by Crippen LogP contribution is 2.21. The Kier molecular flexibility index (Phi) is 5.41. The first-order chi connectivity index (χ1) is 11.0. The van der Waals surface area contributed by atoms with Crippen LogP contribution in [0.15, 0.2) is 48.5 Å². The van der Waals surface area contributed by atoms with Crippen LogP contribution in [-0.4, -0.2) is 25.0 Å². The topological polar surface area (TPSA) is 46.6 Å². The molecular formula is C17H15F2NO3. The number of halogens is 2. The second-order valence-electron chi connectivity index (χ2n) is 4.65. The van der Waals surface area contributed by atoms with Gasteiger partial charge in [0.05, 0.1) is 12.3 Å². The predicted octanol–water partition coefficient (Wildman–Crippen LogP) is 3.17. The summed E-state index contributed by atoms with van der Waals surface area (Å²) in [4.78, 5) is 25.3. The first kappa shape index (κ1) is 16.6. The lowest BCUT2D eigenvalue weighted by molar-refractivity contribution is -0.141. The van der Waals surface area contributed by atoms with Gasteiger partial charge >= 0.3 is 5.97 Å². The van der Waals surface area contributed by atoms with Gasteiger partial charge in [0.1, 0.15) is 18.2 Å². The van der Waals surface area contributed by atoms with Gasteiger partial charge in [-0.05, 0) is 43.3 Å². The molecule has 2 aromatic rings. The van der Waals surface area contributed by atoms with Crippen LogP contribution in [0, 0.1) is 11.6 Å². The van der Waals surface area contributed by atoms with E-state index in [0.717, 1.165) is 17.0 Å². The van der Waals surface area contributed by atoms with Crippen LogP contribution in [0.25, 0.3) is 0 Å². The molecule has 120 valence electrons. The Balaban J connectivity index is 2.36. The standard InChI is InChI=1S/C17H15F2NO3/c1-2-23-16(21)11-20(15-6-4-3-5-14(15)19)17(22)12-7-9-13(18)10-8-12/h3-10H,2,11H2,1H3. The molecule has 0 heterocycles. The van der Waals surface area contributed by atoms with E-state index in [2.05, 4.69) is 0 Å². The van der Waals surface area contributed by atoms with E-state index in [-0.39, 0.29) is 17.9 Å². The van der Waals surface area contributed by atoms with Gasteiger partial charge in [-0.25, -0.2) is 8.78 Å². The molecule has 0 aliphatic rings. The van der Waals surface area contributed by atoms with Crippen LogP contribution >= 0.6 is 0 Å². The van der Waals surface area contributed by atoms with Gasteiger partial charge in [-0.1, -0.05) is 12.1 Å². The number of para-hydroxylation sites is 1. The molecule has 0 aliphatic carbocycles. The quantitative estimate of drug-likeness (QED) is 0.795. The third-order valence-electron chi connectivity index (χ3n) is 3.07. The van der Waals surface area contributed by atoms with E-state index in [1.807, 2.05) is 0 Å². The van der Waals surface area contributed by atoms with E-state index in [4.69, 9.17) is 4.74 Å². The third kappa shape index (κ3) is 4.12. The highest BCUT2D eigenvalue weighted by molar-refractivity contribution is 6.08. The monoisotopic (exact) mass is 319 g/mol. The molecule has 0 aliphatic heterocycles. The molecule has 0 saturated carbocycles. The van der Waals surface area contributed by atoms with E-state index in [1.165, 1.54) is 30.3 Å². The maximum atomic E-state index is 14.0. The smallest absolute Gasteiger partial charge is 0.326 e. The van der Waals surface area contributed by atoms with Crippen molar-refractivity contribution >= 4 is 17.6 Å². The Morgan fingerprint density at radius 1 is 1.04 bits per heavy atom. The fourth-order valence-electron chi connectivity index (χ4n) is 2.02. The number of hydrogen-bond donors (Lipinski definition) is 0. The lowest BCUT2D eigenvalue weighted by Gasteiger charge is -2.22. The molecule has 0 atom stereocenters. The fourth-order valence-corrected chi connectivity index (χ4v) is 2.02. The third-order valence-corrected chi connectivity index (χ3v) is 3.07. The molecule has 2 aromatic carbocycles. The van der Waals surface area contributed by atoms with E-state index >= 15 is 0 Å². The van der Waals surface area contributed by atoms with Gasteiger partial charge in [-0.2, -0.15) is 0 Å². The molecule has 23 heavy (non-hydrogen) atoms. The summed E-state index contributed by atoms with van der Waals surface area (Å²) in [5, 5.41) is 0. The van der Waals surface area contributed by atoms with Gasteiger partial charge in [0.15, 0.2) is 0 Å². The molecule has 0 aromatic heterocycles. The number of nitrogens with zero attached hydrogens (tertiary/aromatic N) is 1. The van der Waals surface area contributed by atoms with Gasteiger partial charge in [0.25, 0.3) is 5.91 Å². The normalized spacial score (nSPS) is 10.2. The number of amides is 1. The van der Waals surface area contributed by atoms with Crippen molar-refractivity contribution < 1.29 is 23.1 Å². The maximum absolute atomic E-state index is 14.0. The van der Waals surface area contributed by atoms with Crippen LogP contribution in [0.4, 0.5) is 14.5 Å². The number of carbonyl (C=O) groups excluding carboxylic acids is 2. The van der Waals surface area contributed by atoms with E-state index in [1.54, 1.807) is 13.0 Å². The molecule has 0 N–H and O–H groups in total. The van der Waals surface area contributed by atoms with Crippen LogP contribution < -0.4 is 4.90 Å². The number of rotatable bonds is 5. The molecule has 0 radical (unpaired) electrons. The van der Waals surface area contributed by atoms with Crippen LogP contribution in [0.2, 0.25) is 0 Å². The average molecular weight is 319 g/mol. The minimum atomic E-state index is -0.661. The van der Waals surface area contributed by atoms with Crippen molar-refractivity contribution in [3.63, 3.8) is 0 Å². The summed E-state index contributed by atoms with van der Waals surface area (Å²) in [5.74, 6) is -2.42. The second kappa shape index (κ2) is 7.49. The first-order valence-corrected chi connectivity index (χ1v) is 7.00. The Bertz CT molecular complexity index is 701. The molecule has 2 rings (SSSR count). The average Bonchev–Trinajstić information content (AvgIpc) is 2.54. The zero-order chi connectivity index (χ0) is 16.8. The highest BCUT2D eigenvalue weighted by atomic mass is 19.1. The van der Waals surface area contributed by atoms with Crippen LogP contribution in [0.3, 0.4) is 0 Å². The Morgan fingerprint density at radius 3 is 2.30 bits per heavy atom. The lowest BCUT2D eigenvalue weighted by Crippen LogP contribution is -2.37. The minimum absolute atomic E-state index is 0.0464. The predicted molar refractivity (Wildman–Crippen MR) is 81.1 cm³/mol. The molecule has 0 spiro atoms. The molecular weight excluding hydrogens is 304 g/mol. The van der Waals surface area contributed by atoms with Crippen LogP contribution in [-0.2, 0) is 9.53 Å². The summed E-state index contributed by atoms with van der Waals surface area (Å²) in [6.45, 7) is 1.34. The SMILES string of the molecule is CCOC(=O)CN(C(=O)c1ccc(F)cc1)c1ccccc1F. The van der Waals surface area contributed by atoms with Gasteiger partial charge < -0.3 is 4.74 Å². The molecule has 6 heteroatoms. The first-order valence-electron chi connectivity index (χ1n) is 7.00. The van der Waals surface area contributed by atoms with Crippen molar-refractivity contribution in [1.82, 2.24) is 0 Å². The minimum Gasteiger partial charge on any atom is -0.465 e. The van der Waals surface area contributed by atoms with Crippen molar-refractivity contribution in [3.05, 3.63) is 65.7 Å². The molecule has 0 unspecified atom stereocenters. The Morgan fingerprint density at radius 2 is 1.70 bits per heavy atom. The molecule has 1 amide bonds. The number of ether oxygens (including phenoxy) is 1. The fraction of sp³-hybridized carbons (Fsp3) is 0.176. The zero-order valence-electron chi connectivity index (χ0n) is 12.5. The summed E-state index contributed by atoms with van der Waals surface area (Å²) in [6, 6.07) is 10.4. The van der Waals surface area contributed by atoms with Crippen molar-refractivity contribution in [3.8, 4) is 0 Å². The van der Waals surface area contributed by atoms with E-state index in [9.17, 15) is 18.4 Å².